The molecule has 0 saturated heterocycles. The van der Waals surface area contributed by atoms with Crippen LogP contribution in [-0.2, 0) is 6.54 Å². The second-order valence-electron chi connectivity index (χ2n) is 5.60. The van der Waals surface area contributed by atoms with Crippen LogP contribution < -0.4 is 4.90 Å². The molecule has 2 aromatic rings. The second kappa shape index (κ2) is 5.93. The van der Waals surface area contributed by atoms with E-state index in [4.69, 9.17) is 4.98 Å². The van der Waals surface area contributed by atoms with Crippen LogP contribution in [0.3, 0.4) is 0 Å². The molecule has 0 fully saturated rings. The number of fused-ring (bicyclic) bond motifs is 3. The van der Waals surface area contributed by atoms with Crippen LogP contribution in [0.2, 0.25) is 0 Å². The summed E-state index contributed by atoms with van der Waals surface area (Å²) in [5.74, 6) is 1.33. The quantitative estimate of drug-likeness (QED) is 0.917. The van der Waals surface area contributed by atoms with Gasteiger partial charge < -0.3 is 19.5 Å². The molecule has 5 nitrogen and oxygen atoms in total. The summed E-state index contributed by atoms with van der Waals surface area (Å²) in [6.07, 6.45) is 1.15. The van der Waals surface area contributed by atoms with E-state index < -0.39 is 0 Å². The summed E-state index contributed by atoms with van der Waals surface area (Å²) in [4.78, 5) is 9.55. The fraction of sp³-hybridized carbons (Fsp3) is 0.562. The minimum absolute atomic E-state index is 0.285. The van der Waals surface area contributed by atoms with Crippen molar-refractivity contribution in [2.75, 3.05) is 37.6 Å². The molecule has 0 unspecified atom stereocenters. The van der Waals surface area contributed by atoms with Crippen molar-refractivity contribution in [3.05, 3.63) is 18.2 Å². The van der Waals surface area contributed by atoms with Crippen molar-refractivity contribution >= 4 is 17.0 Å². The van der Waals surface area contributed by atoms with Crippen LogP contribution >= 0.6 is 0 Å². The van der Waals surface area contributed by atoms with Crippen molar-refractivity contribution in [3.63, 3.8) is 0 Å². The zero-order valence-corrected chi connectivity index (χ0v) is 12.9. The first-order valence-corrected chi connectivity index (χ1v) is 7.89. The summed E-state index contributed by atoms with van der Waals surface area (Å²) in [6, 6.07) is 5.46. The Bertz CT molecular complexity index is 618. The Morgan fingerprint density at radius 2 is 2.05 bits per heavy atom. The number of hydrogen-bond acceptors (Lipinski definition) is 4. The Hall–Kier alpha value is -1.75. The van der Waals surface area contributed by atoms with Crippen molar-refractivity contribution in [1.29, 1.82) is 0 Å². The van der Waals surface area contributed by atoms with Gasteiger partial charge in [-0.1, -0.05) is 13.8 Å². The zero-order chi connectivity index (χ0) is 14.8. The van der Waals surface area contributed by atoms with Crippen molar-refractivity contribution in [3.8, 4) is 5.75 Å². The smallest absolute Gasteiger partial charge is 0.206 e. The van der Waals surface area contributed by atoms with Crippen molar-refractivity contribution in [1.82, 2.24) is 14.5 Å². The SMILES string of the molecule is CCN(CC)CCN1CCCn2c1nc1cc(O)ccc12. The average molecular weight is 288 g/mol. The lowest BCUT2D eigenvalue weighted by Crippen LogP contribution is -2.39. The predicted octanol–water partition coefficient (Wildman–Crippen LogP) is 2.29. The number of benzene rings is 1. The lowest BCUT2D eigenvalue weighted by Gasteiger charge is -2.31. The fourth-order valence-corrected chi connectivity index (χ4v) is 3.10. The van der Waals surface area contributed by atoms with Gasteiger partial charge in [0.2, 0.25) is 5.95 Å². The minimum Gasteiger partial charge on any atom is -0.508 e. The van der Waals surface area contributed by atoms with Crippen LogP contribution in [0.15, 0.2) is 18.2 Å². The van der Waals surface area contributed by atoms with Gasteiger partial charge >= 0.3 is 0 Å². The van der Waals surface area contributed by atoms with Gasteiger partial charge in [-0.15, -0.1) is 0 Å². The van der Waals surface area contributed by atoms with Gasteiger partial charge in [0, 0.05) is 32.2 Å². The van der Waals surface area contributed by atoms with Crippen LogP contribution in [0.4, 0.5) is 5.95 Å². The molecule has 1 aliphatic heterocycles. The van der Waals surface area contributed by atoms with Crippen LogP contribution in [0.5, 0.6) is 5.75 Å². The number of aryl methyl sites for hydroxylation is 1. The zero-order valence-electron chi connectivity index (χ0n) is 12.9. The van der Waals surface area contributed by atoms with E-state index in [1.54, 1.807) is 12.1 Å². The summed E-state index contributed by atoms with van der Waals surface area (Å²) in [5.41, 5.74) is 2.01. The van der Waals surface area contributed by atoms with E-state index in [9.17, 15) is 5.11 Å². The number of aromatic nitrogens is 2. The molecule has 0 radical (unpaired) electrons. The molecule has 0 amide bonds. The lowest BCUT2D eigenvalue weighted by atomic mass is 10.2. The van der Waals surface area contributed by atoms with E-state index in [0.717, 1.165) is 62.7 Å². The molecule has 3 rings (SSSR count). The van der Waals surface area contributed by atoms with Crippen molar-refractivity contribution in [2.24, 2.45) is 0 Å². The first-order chi connectivity index (χ1) is 10.2. The maximum absolute atomic E-state index is 9.63. The second-order valence-corrected chi connectivity index (χ2v) is 5.60. The maximum atomic E-state index is 9.63. The summed E-state index contributed by atoms with van der Waals surface area (Å²) in [5, 5.41) is 9.63. The van der Waals surface area contributed by atoms with E-state index in [-0.39, 0.29) is 5.75 Å². The average Bonchev–Trinajstić information content (AvgIpc) is 2.86. The molecule has 114 valence electrons. The normalized spacial score (nSPS) is 14.9. The lowest BCUT2D eigenvalue weighted by molar-refractivity contribution is 0.307. The van der Waals surface area contributed by atoms with Gasteiger partial charge in [-0.3, -0.25) is 0 Å². The van der Waals surface area contributed by atoms with Gasteiger partial charge in [0.25, 0.3) is 0 Å². The Labute approximate surface area is 125 Å². The van der Waals surface area contributed by atoms with E-state index in [2.05, 4.69) is 28.2 Å². The molecule has 0 aliphatic carbocycles. The highest BCUT2D eigenvalue weighted by atomic mass is 16.3. The maximum Gasteiger partial charge on any atom is 0.206 e. The predicted molar refractivity (Wildman–Crippen MR) is 86.0 cm³/mol. The number of nitrogens with zero attached hydrogens (tertiary/aromatic N) is 4. The van der Waals surface area contributed by atoms with E-state index in [1.807, 2.05) is 6.07 Å². The Balaban J connectivity index is 1.85. The Morgan fingerprint density at radius 3 is 2.81 bits per heavy atom. The highest BCUT2D eigenvalue weighted by Crippen LogP contribution is 2.28. The Kier molecular flexibility index (Phi) is 4.01. The molecule has 1 N–H and O–H groups in total. The van der Waals surface area contributed by atoms with Crippen LogP contribution in [0, 0.1) is 0 Å². The molecule has 0 spiro atoms. The summed E-state index contributed by atoms with van der Waals surface area (Å²) >= 11 is 0. The van der Waals surface area contributed by atoms with E-state index in [1.165, 1.54) is 0 Å². The van der Waals surface area contributed by atoms with Crippen LogP contribution in [0.1, 0.15) is 20.3 Å². The number of imidazole rings is 1. The first kappa shape index (κ1) is 14.2. The molecule has 1 aromatic heterocycles. The summed E-state index contributed by atoms with van der Waals surface area (Å²) in [6.45, 7) is 10.8. The molecular formula is C16H24N4O. The third kappa shape index (κ3) is 2.70. The van der Waals surface area contributed by atoms with E-state index in [0.29, 0.717) is 0 Å². The molecule has 0 atom stereocenters. The molecule has 0 bridgehead atoms. The monoisotopic (exact) mass is 288 g/mol. The van der Waals surface area contributed by atoms with Gasteiger partial charge in [0.15, 0.2) is 0 Å². The molecule has 1 aromatic carbocycles. The third-order valence-electron chi connectivity index (χ3n) is 4.38. The number of phenolic OH excluding ortho intramolecular Hbond substituents is 1. The molecule has 21 heavy (non-hydrogen) atoms. The Morgan fingerprint density at radius 1 is 1.24 bits per heavy atom. The largest absolute Gasteiger partial charge is 0.508 e. The van der Waals surface area contributed by atoms with Gasteiger partial charge in [0.05, 0.1) is 11.0 Å². The van der Waals surface area contributed by atoms with Gasteiger partial charge in [-0.2, -0.15) is 0 Å². The van der Waals surface area contributed by atoms with Gasteiger partial charge in [0.1, 0.15) is 5.75 Å². The topological polar surface area (TPSA) is 44.5 Å². The van der Waals surface area contributed by atoms with E-state index >= 15 is 0 Å². The first-order valence-electron chi connectivity index (χ1n) is 7.89. The van der Waals surface area contributed by atoms with Gasteiger partial charge in [-0.25, -0.2) is 4.98 Å². The number of hydrogen-bond donors (Lipinski definition) is 1. The summed E-state index contributed by atoms with van der Waals surface area (Å²) < 4.78 is 2.28. The van der Waals surface area contributed by atoms with Crippen molar-refractivity contribution in [2.45, 2.75) is 26.8 Å². The number of anilines is 1. The third-order valence-corrected chi connectivity index (χ3v) is 4.38. The van der Waals surface area contributed by atoms with Crippen molar-refractivity contribution < 1.29 is 5.11 Å². The molecule has 0 saturated carbocycles. The highest BCUT2D eigenvalue weighted by molar-refractivity contribution is 5.80. The number of likely N-dealkylation sites (N-methyl/N-ethyl adjacent to an activating group) is 1. The molecular weight excluding hydrogens is 264 g/mol. The highest BCUT2D eigenvalue weighted by Gasteiger charge is 2.21. The van der Waals surface area contributed by atoms with Crippen LogP contribution in [0.25, 0.3) is 11.0 Å². The number of phenols is 1. The standard InChI is InChI=1S/C16H24N4O/c1-3-18(4-2)10-11-19-8-5-9-20-15-7-6-13(21)12-14(15)17-16(19)20/h6-7,12,21H,3-5,8-11H2,1-2H3. The fourth-order valence-electron chi connectivity index (χ4n) is 3.10. The molecule has 2 heterocycles. The number of rotatable bonds is 5. The van der Waals surface area contributed by atoms with Gasteiger partial charge in [-0.05, 0) is 31.6 Å². The minimum atomic E-state index is 0.285. The molecule has 5 heteroatoms. The summed E-state index contributed by atoms with van der Waals surface area (Å²) in [7, 11) is 0. The van der Waals surface area contributed by atoms with Crippen LogP contribution in [-0.4, -0.2) is 52.3 Å². The molecule has 1 aliphatic rings. The number of aromatic hydroxyl groups is 1.